The zero-order valence-corrected chi connectivity index (χ0v) is 15.1. The highest BCUT2D eigenvalue weighted by atomic mass is 16.1. The lowest BCUT2D eigenvalue weighted by Crippen LogP contribution is -2.37. The molecule has 4 rings (SSSR count). The van der Waals surface area contributed by atoms with Gasteiger partial charge < -0.3 is 4.90 Å². The fourth-order valence-corrected chi connectivity index (χ4v) is 3.43. The summed E-state index contributed by atoms with van der Waals surface area (Å²) < 4.78 is 1.94. The van der Waals surface area contributed by atoms with Crippen molar-refractivity contribution in [2.24, 2.45) is 0 Å². The second-order valence-electron chi connectivity index (χ2n) is 6.96. The van der Waals surface area contributed by atoms with Crippen LogP contribution in [0.25, 0.3) is 0 Å². The number of benzene rings is 1. The molecule has 0 saturated carbocycles. The van der Waals surface area contributed by atoms with E-state index in [1.54, 1.807) is 0 Å². The summed E-state index contributed by atoms with van der Waals surface area (Å²) in [7, 11) is 0. The Bertz CT molecular complexity index is 878. The number of pyridine rings is 1. The normalized spacial score (nSPS) is 16.0. The molecule has 0 unspecified atom stereocenters. The van der Waals surface area contributed by atoms with Gasteiger partial charge in [0.15, 0.2) is 12.4 Å². The van der Waals surface area contributed by atoms with Crippen molar-refractivity contribution < 1.29 is 9.36 Å². The van der Waals surface area contributed by atoms with E-state index in [0.717, 1.165) is 25.1 Å². The Kier molecular flexibility index (Phi) is 4.53. The van der Waals surface area contributed by atoms with Gasteiger partial charge in [-0.3, -0.25) is 4.79 Å². The standard InChI is InChI=1S/C23H23N2O/c1-18-7-9-19(10-8-18)23(26)17-24-13-11-22(12-14-24)25-15-20-5-3-2-4-6-21(20)16-25/h3-14H,2,15-17H2,1H3/q+1. The highest BCUT2D eigenvalue weighted by Crippen LogP contribution is 2.26. The minimum atomic E-state index is 0.132. The lowest BCUT2D eigenvalue weighted by molar-refractivity contribution is -0.683. The third kappa shape index (κ3) is 3.52. The van der Waals surface area contributed by atoms with E-state index < -0.39 is 0 Å². The Balaban J connectivity index is 1.42. The van der Waals surface area contributed by atoms with Gasteiger partial charge >= 0.3 is 0 Å². The molecule has 0 N–H and O–H groups in total. The molecule has 2 aliphatic rings. The van der Waals surface area contributed by atoms with Gasteiger partial charge in [0.25, 0.3) is 0 Å². The first-order valence-electron chi connectivity index (χ1n) is 9.08. The van der Waals surface area contributed by atoms with Crippen molar-refractivity contribution >= 4 is 11.5 Å². The largest absolute Gasteiger partial charge is 0.362 e. The van der Waals surface area contributed by atoms with Gasteiger partial charge in [-0.15, -0.1) is 0 Å². The molecule has 0 saturated heterocycles. The molecule has 3 heteroatoms. The molecule has 0 bridgehead atoms. The number of aromatic nitrogens is 1. The number of hydrogen-bond donors (Lipinski definition) is 0. The molecule has 0 atom stereocenters. The molecule has 0 amide bonds. The molecule has 3 nitrogen and oxygen atoms in total. The average molecular weight is 343 g/mol. The summed E-state index contributed by atoms with van der Waals surface area (Å²) in [5.41, 5.74) is 5.94. The molecule has 1 aromatic carbocycles. The number of aryl methyl sites for hydroxylation is 1. The summed E-state index contributed by atoms with van der Waals surface area (Å²) in [5.74, 6) is 0.132. The Morgan fingerprint density at radius 1 is 0.962 bits per heavy atom. The zero-order chi connectivity index (χ0) is 17.9. The number of ketones is 1. The van der Waals surface area contributed by atoms with Gasteiger partial charge in [-0.25, -0.2) is 0 Å². The molecule has 1 aliphatic heterocycles. The van der Waals surface area contributed by atoms with E-state index in [1.807, 2.05) is 48.1 Å². The minimum Gasteiger partial charge on any atom is -0.362 e. The summed E-state index contributed by atoms with van der Waals surface area (Å²) in [4.78, 5) is 14.8. The zero-order valence-electron chi connectivity index (χ0n) is 15.1. The molecule has 130 valence electrons. The molecule has 1 aliphatic carbocycles. The van der Waals surface area contributed by atoms with Crippen molar-refractivity contribution in [3.05, 3.63) is 95.4 Å². The molecular formula is C23H23N2O+. The van der Waals surface area contributed by atoms with Crippen molar-refractivity contribution in [3.8, 4) is 0 Å². The molecule has 2 aromatic rings. The van der Waals surface area contributed by atoms with Crippen molar-refractivity contribution in [3.63, 3.8) is 0 Å². The SMILES string of the molecule is Cc1ccc(C(=O)C[n+]2ccc(N3CC4=C(C=CCC=C4)C3)cc2)cc1. The third-order valence-corrected chi connectivity index (χ3v) is 4.98. The summed E-state index contributed by atoms with van der Waals surface area (Å²) in [6.45, 7) is 4.29. The number of allylic oxidation sites excluding steroid dienone is 2. The molecule has 2 heterocycles. The van der Waals surface area contributed by atoms with Gasteiger partial charge in [0.05, 0.1) is 0 Å². The van der Waals surface area contributed by atoms with Crippen LogP contribution in [0.3, 0.4) is 0 Å². The fraction of sp³-hybridized carbons (Fsp3) is 0.217. The van der Waals surface area contributed by atoms with E-state index >= 15 is 0 Å². The number of rotatable bonds is 4. The minimum absolute atomic E-state index is 0.132. The first-order chi connectivity index (χ1) is 12.7. The highest BCUT2D eigenvalue weighted by molar-refractivity contribution is 5.95. The van der Waals surface area contributed by atoms with Crippen molar-refractivity contribution in [1.82, 2.24) is 0 Å². The van der Waals surface area contributed by atoms with Gasteiger partial charge in [0.1, 0.15) is 0 Å². The predicted octanol–water partition coefficient (Wildman–Crippen LogP) is 3.80. The number of carbonyl (C=O) groups is 1. The number of nitrogens with zero attached hydrogens (tertiary/aromatic N) is 2. The predicted molar refractivity (Wildman–Crippen MR) is 104 cm³/mol. The number of anilines is 1. The van der Waals surface area contributed by atoms with Gasteiger partial charge in [-0.1, -0.05) is 54.1 Å². The monoisotopic (exact) mass is 343 g/mol. The molecule has 0 spiro atoms. The number of carbonyl (C=O) groups excluding carboxylic acids is 1. The second-order valence-corrected chi connectivity index (χ2v) is 6.96. The maximum Gasteiger partial charge on any atom is 0.227 e. The van der Waals surface area contributed by atoms with Gasteiger partial charge in [-0.05, 0) is 24.5 Å². The molecule has 26 heavy (non-hydrogen) atoms. The Labute approximate surface area is 154 Å². The van der Waals surface area contributed by atoms with Gasteiger partial charge in [0.2, 0.25) is 12.3 Å². The second kappa shape index (κ2) is 7.12. The first kappa shape index (κ1) is 16.5. The van der Waals surface area contributed by atoms with Gasteiger partial charge in [-0.2, -0.15) is 4.57 Å². The summed E-state index contributed by atoms with van der Waals surface area (Å²) in [6.07, 6.45) is 14.0. The van der Waals surface area contributed by atoms with E-state index in [9.17, 15) is 4.79 Å². The van der Waals surface area contributed by atoms with E-state index in [-0.39, 0.29) is 5.78 Å². The van der Waals surface area contributed by atoms with Crippen LogP contribution >= 0.6 is 0 Å². The third-order valence-electron chi connectivity index (χ3n) is 4.98. The van der Waals surface area contributed by atoms with Crippen molar-refractivity contribution in [2.45, 2.75) is 19.9 Å². The van der Waals surface area contributed by atoms with Crippen LogP contribution in [0, 0.1) is 6.92 Å². The van der Waals surface area contributed by atoms with Gasteiger partial charge in [0, 0.05) is 36.5 Å². The van der Waals surface area contributed by atoms with Crippen LogP contribution < -0.4 is 9.47 Å². The lowest BCUT2D eigenvalue weighted by atomic mass is 10.1. The van der Waals surface area contributed by atoms with Crippen LogP contribution in [-0.2, 0) is 6.54 Å². The molecule has 0 fully saturated rings. The van der Waals surface area contributed by atoms with Crippen LogP contribution in [0.1, 0.15) is 22.3 Å². The molecule has 0 radical (unpaired) electrons. The quantitative estimate of drug-likeness (QED) is 0.623. The van der Waals surface area contributed by atoms with Crippen LogP contribution in [0.5, 0.6) is 0 Å². The van der Waals surface area contributed by atoms with Crippen LogP contribution in [0.15, 0.2) is 84.2 Å². The van der Waals surface area contributed by atoms with Crippen LogP contribution in [0.4, 0.5) is 5.69 Å². The Hall–Kier alpha value is -2.94. The van der Waals surface area contributed by atoms with Crippen molar-refractivity contribution in [2.75, 3.05) is 18.0 Å². The topological polar surface area (TPSA) is 24.2 Å². The fourth-order valence-electron chi connectivity index (χ4n) is 3.43. The Morgan fingerprint density at radius 2 is 1.58 bits per heavy atom. The van der Waals surface area contributed by atoms with Crippen molar-refractivity contribution in [1.29, 1.82) is 0 Å². The summed E-state index contributed by atoms with van der Waals surface area (Å²) in [6, 6.07) is 12.0. The van der Waals surface area contributed by atoms with E-state index in [4.69, 9.17) is 0 Å². The number of hydrogen-bond acceptors (Lipinski definition) is 2. The maximum atomic E-state index is 12.4. The lowest BCUT2D eigenvalue weighted by Gasteiger charge is -2.18. The van der Waals surface area contributed by atoms with Crippen LogP contribution in [0.2, 0.25) is 0 Å². The maximum absolute atomic E-state index is 12.4. The average Bonchev–Trinajstić information content (AvgIpc) is 2.93. The smallest absolute Gasteiger partial charge is 0.227 e. The first-order valence-corrected chi connectivity index (χ1v) is 9.08. The van der Waals surface area contributed by atoms with E-state index in [1.165, 1.54) is 22.4 Å². The summed E-state index contributed by atoms with van der Waals surface area (Å²) in [5, 5.41) is 0. The number of Topliss-reactive ketones (excluding diaryl/α,β-unsaturated/α-hetero) is 1. The molecule has 1 aromatic heterocycles. The highest BCUT2D eigenvalue weighted by Gasteiger charge is 2.21. The van der Waals surface area contributed by atoms with E-state index in [2.05, 4.69) is 41.3 Å². The van der Waals surface area contributed by atoms with E-state index in [0.29, 0.717) is 6.54 Å². The summed E-state index contributed by atoms with van der Waals surface area (Å²) >= 11 is 0. The van der Waals surface area contributed by atoms with Crippen LogP contribution in [-0.4, -0.2) is 18.9 Å². The molecular weight excluding hydrogens is 320 g/mol. The Morgan fingerprint density at radius 3 is 2.19 bits per heavy atom.